The number of carbonyl (C=O) groups is 2. The lowest BCUT2D eigenvalue weighted by atomic mass is 10.0. The van der Waals surface area contributed by atoms with Crippen LogP contribution in [0.25, 0.3) is 0 Å². The summed E-state index contributed by atoms with van der Waals surface area (Å²) in [6.07, 6.45) is 1.10. The summed E-state index contributed by atoms with van der Waals surface area (Å²) in [6, 6.07) is 13.9. The molecule has 4 nitrogen and oxygen atoms in total. The lowest BCUT2D eigenvalue weighted by Gasteiger charge is -2.12. The van der Waals surface area contributed by atoms with Gasteiger partial charge < -0.3 is 10.6 Å². The average molecular weight is 367 g/mol. The van der Waals surface area contributed by atoms with Crippen LogP contribution in [0.4, 0.5) is 5.69 Å². The highest BCUT2D eigenvalue weighted by molar-refractivity contribution is 5.98. The van der Waals surface area contributed by atoms with Crippen molar-refractivity contribution >= 4 is 17.5 Å². The van der Waals surface area contributed by atoms with Gasteiger partial charge in [-0.1, -0.05) is 44.2 Å². The number of rotatable bonds is 7. The smallest absolute Gasteiger partial charge is 0.251 e. The van der Waals surface area contributed by atoms with Gasteiger partial charge in [0, 0.05) is 23.7 Å². The fourth-order valence-corrected chi connectivity index (χ4v) is 2.83. The first kappa shape index (κ1) is 20.7. The maximum Gasteiger partial charge on any atom is 0.251 e. The van der Waals surface area contributed by atoms with E-state index >= 15 is 0 Å². The Bertz CT molecular complexity index is 793. The van der Waals surface area contributed by atoms with Gasteiger partial charge in [0.25, 0.3) is 5.91 Å². The molecule has 2 amide bonds. The molecular weight excluding hydrogens is 336 g/mol. The molecule has 0 spiro atoms. The van der Waals surface area contributed by atoms with Gasteiger partial charge in [0.2, 0.25) is 5.91 Å². The number of anilines is 1. The monoisotopic (exact) mass is 366 g/mol. The van der Waals surface area contributed by atoms with Crippen molar-refractivity contribution in [2.75, 3.05) is 5.32 Å². The molecule has 2 aromatic rings. The Labute approximate surface area is 162 Å². The van der Waals surface area contributed by atoms with Crippen LogP contribution >= 0.6 is 0 Å². The molecule has 0 heterocycles. The average Bonchev–Trinajstić information content (AvgIpc) is 2.61. The van der Waals surface area contributed by atoms with Crippen LogP contribution in [0, 0.1) is 6.92 Å². The second-order valence-electron chi connectivity index (χ2n) is 7.60. The molecule has 2 aromatic carbocycles. The van der Waals surface area contributed by atoms with Crippen LogP contribution in [0.5, 0.6) is 0 Å². The molecule has 27 heavy (non-hydrogen) atoms. The van der Waals surface area contributed by atoms with Crippen LogP contribution in [-0.2, 0) is 11.2 Å². The highest BCUT2D eigenvalue weighted by atomic mass is 16.2. The zero-order valence-corrected chi connectivity index (χ0v) is 16.9. The zero-order valence-electron chi connectivity index (χ0n) is 16.9. The van der Waals surface area contributed by atoms with Crippen molar-refractivity contribution < 1.29 is 9.59 Å². The SMILES string of the molecule is Cc1ccc(NC(=O)CCc2ccc(C(C)C)cc2)cc1C(=O)NC(C)C. The minimum atomic E-state index is -0.121. The Morgan fingerprint density at radius 2 is 1.63 bits per heavy atom. The van der Waals surface area contributed by atoms with E-state index in [1.165, 1.54) is 5.56 Å². The Kier molecular flexibility index (Phi) is 7.17. The van der Waals surface area contributed by atoms with E-state index in [9.17, 15) is 9.59 Å². The quantitative estimate of drug-likeness (QED) is 0.737. The lowest BCUT2D eigenvalue weighted by Crippen LogP contribution is -2.30. The predicted molar refractivity (Wildman–Crippen MR) is 111 cm³/mol. The van der Waals surface area contributed by atoms with E-state index in [-0.39, 0.29) is 17.9 Å². The summed E-state index contributed by atoms with van der Waals surface area (Å²) < 4.78 is 0. The van der Waals surface area contributed by atoms with Gasteiger partial charge in [-0.25, -0.2) is 0 Å². The summed E-state index contributed by atoms with van der Waals surface area (Å²) in [5.74, 6) is 0.330. The minimum Gasteiger partial charge on any atom is -0.350 e. The maximum absolute atomic E-state index is 12.3. The summed E-state index contributed by atoms with van der Waals surface area (Å²) in [4.78, 5) is 24.6. The topological polar surface area (TPSA) is 58.2 Å². The maximum atomic E-state index is 12.3. The molecule has 144 valence electrons. The van der Waals surface area contributed by atoms with E-state index in [2.05, 4.69) is 48.7 Å². The molecule has 4 heteroatoms. The second-order valence-corrected chi connectivity index (χ2v) is 7.60. The first-order chi connectivity index (χ1) is 12.8. The molecule has 0 aliphatic heterocycles. The van der Waals surface area contributed by atoms with Crippen molar-refractivity contribution in [1.82, 2.24) is 5.32 Å². The molecule has 2 rings (SSSR count). The van der Waals surface area contributed by atoms with Crippen LogP contribution in [0.2, 0.25) is 0 Å². The van der Waals surface area contributed by atoms with E-state index in [4.69, 9.17) is 0 Å². The van der Waals surface area contributed by atoms with Gasteiger partial charge in [0.1, 0.15) is 0 Å². The van der Waals surface area contributed by atoms with Crippen molar-refractivity contribution in [2.45, 2.75) is 59.4 Å². The number of benzene rings is 2. The molecule has 0 unspecified atom stereocenters. The number of hydrogen-bond acceptors (Lipinski definition) is 2. The van der Waals surface area contributed by atoms with Crippen molar-refractivity contribution in [3.8, 4) is 0 Å². The second kappa shape index (κ2) is 9.36. The Morgan fingerprint density at radius 3 is 2.22 bits per heavy atom. The van der Waals surface area contributed by atoms with Gasteiger partial charge in [0.15, 0.2) is 0 Å². The molecule has 0 saturated heterocycles. The van der Waals surface area contributed by atoms with Crippen LogP contribution in [0.3, 0.4) is 0 Å². The summed E-state index contributed by atoms with van der Waals surface area (Å²) in [7, 11) is 0. The summed E-state index contributed by atoms with van der Waals surface area (Å²) in [5.41, 5.74) is 4.57. The molecular formula is C23H30N2O2. The van der Waals surface area contributed by atoms with Gasteiger partial charge in [0.05, 0.1) is 0 Å². The molecule has 0 atom stereocenters. The number of hydrogen-bond donors (Lipinski definition) is 2. The first-order valence-corrected chi connectivity index (χ1v) is 9.56. The van der Waals surface area contributed by atoms with Gasteiger partial charge in [-0.15, -0.1) is 0 Å². The summed E-state index contributed by atoms with van der Waals surface area (Å²) >= 11 is 0. The largest absolute Gasteiger partial charge is 0.350 e. The Balaban J connectivity index is 1.96. The molecule has 0 fully saturated rings. The molecule has 0 bridgehead atoms. The minimum absolute atomic E-state index is 0.0537. The van der Waals surface area contributed by atoms with Crippen LogP contribution < -0.4 is 10.6 Å². The van der Waals surface area contributed by atoms with Gasteiger partial charge in [-0.05, 0) is 61.9 Å². The highest BCUT2D eigenvalue weighted by Gasteiger charge is 2.12. The van der Waals surface area contributed by atoms with E-state index in [1.54, 1.807) is 6.07 Å². The van der Waals surface area contributed by atoms with E-state index in [0.717, 1.165) is 11.1 Å². The van der Waals surface area contributed by atoms with Gasteiger partial charge in [-0.3, -0.25) is 9.59 Å². The van der Waals surface area contributed by atoms with Crippen molar-refractivity contribution in [3.63, 3.8) is 0 Å². The van der Waals surface area contributed by atoms with Crippen LogP contribution in [-0.4, -0.2) is 17.9 Å². The molecule has 0 aromatic heterocycles. The number of carbonyl (C=O) groups excluding carboxylic acids is 2. The standard InChI is InChI=1S/C23H30N2O2/c1-15(2)19-10-7-18(8-11-19)9-13-22(26)25-20-12-6-17(5)21(14-20)23(27)24-16(3)4/h6-8,10-12,14-16H,9,13H2,1-5H3,(H,24,27)(H,25,26). The lowest BCUT2D eigenvalue weighted by molar-refractivity contribution is -0.116. The van der Waals surface area contributed by atoms with E-state index in [1.807, 2.05) is 32.9 Å². The number of amides is 2. The summed E-state index contributed by atoms with van der Waals surface area (Å²) in [6.45, 7) is 10.1. The highest BCUT2D eigenvalue weighted by Crippen LogP contribution is 2.17. The van der Waals surface area contributed by atoms with Gasteiger partial charge >= 0.3 is 0 Å². The summed E-state index contributed by atoms with van der Waals surface area (Å²) in [5, 5.41) is 5.79. The van der Waals surface area contributed by atoms with Crippen molar-refractivity contribution in [2.24, 2.45) is 0 Å². The van der Waals surface area contributed by atoms with Crippen LogP contribution in [0.1, 0.15) is 67.1 Å². The van der Waals surface area contributed by atoms with E-state index < -0.39 is 0 Å². The van der Waals surface area contributed by atoms with E-state index in [0.29, 0.717) is 30.0 Å². The number of aryl methyl sites for hydroxylation is 2. The third-order valence-electron chi connectivity index (χ3n) is 4.47. The third-order valence-corrected chi connectivity index (χ3v) is 4.47. The van der Waals surface area contributed by atoms with Crippen molar-refractivity contribution in [3.05, 3.63) is 64.7 Å². The molecule has 0 radical (unpaired) electrons. The molecule has 0 aliphatic carbocycles. The normalized spacial score (nSPS) is 10.9. The molecule has 0 saturated carbocycles. The zero-order chi connectivity index (χ0) is 20.0. The molecule has 2 N–H and O–H groups in total. The Morgan fingerprint density at radius 1 is 0.963 bits per heavy atom. The third kappa shape index (κ3) is 6.24. The fraction of sp³-hybridized carbons (Fsp3) is 0.391. The fourth-order valence-electron chi connectivity index (χ4n) is 2.83. The van der Waals surface area contributed by atoms with Gasteiger partial charge in [-0.2, -0.15) is 0 Å². The predicted octanol–water partition coefficient (Wildman–Crippen LogP) is 4.83. The Hall–Kier alpha value is -2.62. The molecule has 0 aliphatic rings. The number of nitrogens with one attached hydrogen (secondary N) is 2. The van der Waals surface area contributed by atoms with Crippen LogP contribution in [0.15, 0.2) is 42.5 Å². The first-order valence-electron chi connectivity index (χ1n) is 9.56. The van der Waals surface area contributed by atoms with Crippen molar-refractivity contribution in [1.29, 1.82) is 0 Å².